The number of hydrogen-bond donors (Lipinski definition) is 0. The maximum absolute atomic E-state index is 2.43. The van der Waals surface area contributed by atoms with Crippen molar-refractivity contribution in [2.75, 3.05) is 7.05 Å². The molecule has 2 heteroatoms. The monoisotopic (exact) mass is 181 g/mol. The van der Waals surface area contributed by atoms with Gasteiger partial charge < -0.3 is 0 Å². The van der Waals surface area contributed by atoms with Gasteiger partial charge in [-0.1, -0.05) is 0 Å². The van der Waals surface area contributed by atoms with E-state index in [-0.39, 0.29) is 0 Å². The zero-order chi connectivity index (χ0) is 8.72. The van der Waals surface area contributed by atoms with Crippen LogP contribution < -0.4 is 0 Å². The molecule has 0 N–H and O–H groups in total. The van der Waals surface area contributed by atoms with Crippen LogP contribution in [0.4, 0.5) is 0 Å². The lowest BCUT2D eigenvalue weighted by Gasteiger charge is -2.29. The highest BCUT2D eigenvalue weighted by molar-refractivity contribution is 7.12. The summed E-state index contributed by atoms with van der Waals surface area (Å²) in [5.41, 5.74) is 1.59. The fraction of sp³-hybridized carbons (Fsp3) is 0.600. The minimum atomic E-state index is 0.714. The Morgan fingerprint density at radius 3 is 3.08 bits per heavy atom. The van der Waals surface area contributed by atoms with Crippen molar-refractivity contribution in [3.63, 3.8) is 0 Å². The van der Waals surface area contributed by atoms with E-state index in [1.54, 1.807) is 10.4 Å². The summed E-state index contributed by atoms with van der Waals surface area (Å²) in [5, 5.41) is 0. The average molecular weight is 181 g/mol. The van der Waals surface area contributed by atoms with Crippen molar-refractivity contribution in [1.82, 2.24) is 4.90 Å². The molecule has 0 amide bonds. The van der Waals surface area contributed by atoms with Crippen molar-refractivity contribution in [1.29, 1.82) is 0 Å². The van der Waals surface area contributed by atoms with E-state index in [1.807, 2.05) is 11.3 Å². The zero-order valence-corrected chi connectivity index (χ0v) is 8.74. The Balaban J connectivity index is 2.33. The lowest BCUT2D eigenvalue weighted by molar-refractivity contribution is 0.234. The maximum atomic E-state index is 2.43. The van der Waals surface area contributed by atoms with Gasteiger partial charge in [-0.05, 0) is 38.9 Å². The molecule has 1 aromatic heterocycles. The highest BCUT2D eigenvalue weighted by atomic mass is 32.1. The fourth-order valence-electron chi connectivity index (χ4n) is 1.78. The van der Waals surface area contributed by atoms with Gasteiger partial charge in [0.2, 0.25) is 0 Å². The third kappa shape index (κ3) is 1.29. The van der Waals surface area contributed by atoms with E-state index >= 15 is 0 Å². The lowest BCUT2D eigenvalue weighted by Crippen LogP contribution is -2.34. The summed E-state index contributed by atoms with van der Waals surface area (Å²) in [6, 6.07) is 3.07. The topological polar surface area (TPSA) is 3.24 Å². The molecule has 0 bridgehead atoms. The second kappa shape index (κ2) is 2.86. The zero-order valence-electron chi connectivity index (χ0n) is 7.92. The van der Waals surface area contributed by atoms with Gasteiger partial charge in [-0.25, -0.2) is 0 Å². The number of hydrogen-bond acceptors (Lipinski definition) is 2. The van der Waals surface area contributed by atoms with Crippen molar-refractivity contribution in [2.24, 2.45) is 0 Å². The van der Waals surface area contributed by atoms with Gasteiger partial charge in [0, 0.05) is 22.3 Å². The van der Waals surface area contributed by atoms with E-state index in [0.29, 0.717) is 6.04 Å². The molecule has 0 fully saturated rings. The summed E-state index contributed by atoms with van der Waals surface area (Å²) >= 11 is 1.95. The Morgan fingerprint density at radius 1 is 1.58 bits per heavy atom. The van der Waals surface area contributed by atoms with E-state index in [0.717, 1.165) is 6.54 Å². The maximum Gasteiger partial charge on any atom is 0.0330 e. The van der Waals surface area contributed by atoms with Gasteiger partial charge in [-0.2, -0.15) is 0 Å². The van der Waals surface area contributed by atoms with Crippen molar-refractivity contribution >= 4 is 11.3 Å². The van der Waals surface area contributed by atoms with Crippen molar-refractivity contribution in [2.45, 2.75) is 32.9 Å². The Kier molecular flexibility index (Phi) is 1.97. The average Bonchev–Trinajstić information content (AvgIpc) is 2.30. The Labute approximate surface area is 78.0 Å². The molecule has 2 rings (SSSR count). The van der Waals surface area contributed by atoms with Gasteiger partial charge in [-0.15, -0.1) is 11.3 Å². The molecule has 0 saturated carbocycles. The largest absolute Gasteiger partial charge is 0.298 e. The molecule has 0 aromatic carbocycles. The molecular weight excluding hydrogens is 166 g/mol. The summed E-state index contributed by atoms with van der Waals surface area (Å²) in [5.74, 6) is 0. The van der Waals surface area contributed by atoms with Crippen molar-refractivity contribution in [3.8, 4) is 0 Å². The van der Waals surface area contributed by atoms with Gasteiger partial charge in [0.05, 0.1) is 0 Å². The molecule has 0 radical (unpaired) electrons. The minimum absolute atomic E-state index is 0.714. The molecule has 0 spiro atoms. The molecule has 12 heavy (non-hydrogen) atoms. The number of fused-ring (bicyclic) bond motifs is 1. The molecule has 1 aliphatic heterocycles. The van der Waals surface area contributed by atoms with Crippen LogP contribution >= 0.6 is 11.3 Å². The van der Waals surface area contributed by atoms with E-state index in [9.17, 15) is 0 Å². The van der Waals surface area contributed by atoms with Gasteiger partial charge in [0.25, 0.3) is 0 Å². The molecule has 1 atom stereocenters. The summed E-state index contributed by atoms with van der Waals surface area (Å²) in [6.45, 7) is 5.65. The first-order valence-corrected chi connectivity index (χ1v) is 5.27. The fourth-order valence-corrected chi connectivity index (χ4v) is 2.91. The first kappa shape index (κ1) is 8.27. The number of rotatable bonds is 0. The predicted molar refractivity (Wildman–Crippen MR) is 53.7 cm³/mol. The molecule has 66 valence electrons. The lowest BCUT2D eigenvalue weighted by atomic mass is 10.0. The SMILES string of the molecule is Cc1cc2c(s1)CN(C)[C@H](C)C2. The summed E-state index contributed by atoms with van der Waals surface area (Å²) in [6.07, 6.45) is 1.23. The molecular formula is C10H15NS. The smallest absolute Gasteiger partial charge is 0.0330 e. The molecule has 1 aromatic rings. The first-order chi connectivity index (χ1) is 5.66. The highest BCUT2D eigenvalue weighted by Crippen LogP contribution is 2.29. The van der Waals surface area contributed by atoms with Crippen LogP contribution in [0.2, 0.25) is 0 Å². The van der Waals surface area contributed by atoms with Crippen LogP contribution in [0.1, 0.15) is 22.2 Å². The standard InChI is InChI=1S/C10H15NS/c1-7-4-9-5-8(2)12-10(9)6-11(7)3/h5,7H,4,6H2,1-3H3/t7-/m1/s1. The van der Waals surface area contributed by atoms with Crippen LogP contribution in [0.3, 0.4) is 0 Å². The second-order valence-corrected chi connectivity index (χ2v) is 5.11. The Hall–Kier alpha value is -0.340. The minimum Gasteiger partial charge on any atom is -0.298 e. The number of nitrogens with zero attached hydrogens (tertiary/aromatic N) is 1. The molecule has 2 heterocycles. The molecule has 0 saturated heterocycles. The van der Waals surface area contributed by atoms with Crippen molar-refractivity contribution in [3.05, 3.63) is 21.4 Å². The molecule has 1 nitrogen and oxygen atoms in total. The van der Waals surface area contributed by atoms with E-state index in [4.69, 9.17) is 0 Å². The third-order valence-corrected chi connectivity index (χ3v) is 3.76. The summed E-state index contributed by atoms with van der Waals surface area (Å²) < 4.78 is 0. The van der Waals surface area contributed by atoms with Crippen LogP contribution in [-0.2, 0) is 13.0 Å². The van der Waals surface area contributed by atoms with Crippen LogP contribution in [-0.4, -0.2) is 18.0 Å². The van der Waals surface area contributed by atoms with E-state index in [2.05, 4.69) is 31.9 Å². The molecule has 0 aliphatic carbocycles. The normalized spacial score (nSPS) is 24.1. The Morgan fingerprint density at radius 2 is 2.33 bits per heavy atom. The van der Waals surface area contributed by atoms with Crippen LogP contribution in [0.5, 0.6) is 0 Å². The van der Waals surface area contributed by atoms with Crippen LogP contribution in [0.15, 0.2) is 6.07 Å². The van der Waals surface area contributed by atoms with Crippen LogP contribution in [0.25, 0.3) is 0 Å². The highest BCUT2D eigenvalue weighted by Gasteiger charge is 2.20. The molecule has 1 aliphatic rings. The van der Waals surface area contributed by atoms with Crippen LogP contribution in [0, 0.1) is 6.92 Å². The van der Waals surface area contributed by atoms with Gasteiger partial charge >= 0.3 is 0 Å². The predicted octanol–water partition coefficient (Wildman–Crippen LogP) is 2.43. The first-order valence-electron chi connectivity index (χ1n) is 4.45. The molecule has 0 unspecified atom stereocenters. The van der Waals surface area contributed by atoms with Gasteiger partial charge in [-0.3, -0.25) is 4.90 Å². The second-order valence-electron chi connectivity index (χ2n) is 3.77. The quantitative estimate of drug-likeness (QED) is 0.594. The van der Waals surface area contributed by atoms with Gasteiger partial charge in [0.15, 0.2) is 0 Å². The van der Waals surface area contributed by atoms with Gasteiger partial charge in [0.1, 0.15) is 0 Å². The summed E-state index contributed by atoms with van der Waals surface area (Å²) in [7, 11) is 2.21. The Bertz CT molecular complexity index is 263. The summed E-state index contributed by atoms with van der Waals surface area (Å²) in [4.78, 5) is 5.47. The number of likely N-dealkylation sites (N-methyl/N-ethyl adjacent to an activating group) is 1. The van der Waals surface area contributed by atoms with E-state index in [1.165, 1.54) is 11.3 Å². The van der Waals surface area contributed by atoms with E-state index < -0.39 is 0 Å². The number of aryl methyl sites for hydroxylation is 1. The van der Waals surface area contributed by atoms with Crippen molar-refractivity contribution < 1.29 is 0 Å². The number of thiophene rings is 1. The third-order valence-electron chi connectivity index (χ3n) is 2.68.